The van der Waals surface area contributed by atoms with Crippen LogP contribution in [0.1, 0.15) is 30.6 Å². The zero-order chi connectivity index (χ0) is 19.9. The molecule has 1 aromatic heterocycles. The molecule has 0 spiro atoms. The Morgan fingerprint density at radius 2 is 1.79 bits per heavy atom. The molecule has 0 bridgehead atoms. The van der Waals surface area contributed by atoms with Crippen LogP contribution < -0.4 is 14.8 Å². The van der Waals surface area contributed by atoms with E-state index in [9.17, 15) is 4.79 Å². The van der Waals surface area contributed by atoms with Crippen molar-refractivity contribution in [1.82, 2.24) is 15.5 Å². The first-order chi connectivity index (χ1) is 13.6. The van der Waals surface area contributed by atoms with Gasteiger partial charge < -0.3 is 14.8 Å². The van der Waals surface area contributed by atoms with E-state index in [1.54, 1.807) is 31.4 Å². The lowest BCUT2D eigenvalue weighted by atomic mass is 10.1. The van der Waals surface area contributed by atoms with Crippen molar-refractivity contribution in [1.29, 1.82) is 0 Å². The van der Waals surface area contributed by atoms with Crippen molar-refractivity contribution in [3.05, 3.63) is 66.2 Å². The minimum absolute atomic E-state index is 0.0939. The van der Waals surface area contributed by atoms with E-state index in [2.05, 4.69) is 15.5 Å². The van der Waals surface area contributed by atoms with Crippen LogP contribution in [0.2, 0.25) is 0 Å². The summed E-state index contributed by atoms with van der Waals surface area (Å²) >= 11 is 0. The van der Waals surface area contributed by atoms with Crippen LogP contribution in [-0.4, -0.2) is 29.3 Å². The number of ether oxygens (including phenoxy) is 2. The molecule has 0 saturated heterocycles. The first-order valence-corrected chi connectivity index (χ1v) is 9.16. The fraction of sp³-hybridized carbons (Fsp3) is 0.227. The highest BCUT2D eigenvalue weighted by atomic mass is 16.5. The molecule has 1 N–H and O–H groups in total. The Labute approximate surface area is 164 Å². The molecule has 0 saturated carbocycles. The summed E-state index contributed by atoms with van der Waals surface area (Å²) in [6, 6.07) is 18.3. The van der Waals surface area contributed by atoms with Gasteiger partial charge in [0.1, 0.15) is 11.5 Å². The van der Waals surface area contributed by atoms with Gasteiger partial charge in [-0.3, -0.25) is 4.79 Å². The van der Waals surface area contributed by atoms with Gasteiger partial charge in [0.25, 0.3) is 5.91 Å². The van der Waals surface area contributed by atoms with Crippen LogP contribution >= 0.6 is 0 Å². The molecule has 3 rings (SSSR count). The molecule has 1 amide bonds. The van der Waals surface area contributed by atoms with E-state index in [1.165, 1.54) is 0 Å². The molecule has 28 heavy (non-hydrogen) atoms. The third-order valence-corrected chi connectivity index (χ3v) is 4.33. The second-order valence-electron chi connectivity index (χ2n) is 6.40. The lowest BCUT2D eigenvalue weighted by Gasteiger charge is -2.12. The number of hydrogen-bond acceptors (Lipinski definition) is 5. The smallest absolute Gasteiger partial charge is 0.251 e. The Hall–Kier alpha value is -3.41. The molecule has 144 valence electrons. The SMILES string of the molecule is CC[C@@H](C)NC(=O)c1cccc(-c2ccc(Oc3ccc(OC)cc3)nn2)c1. The van der Waals surface area contributed by atoms with Crippen molar-refractivity contribution in [2.75, 3.05) is 7.11 Å². The van der Waals surface area contributed by atoms with Gasteiger partial charge in [0.15, 0.2) is 0 Å². The molecule has 0 unspecified atom stereocenters. The highest BCUT2D eigenvalue weighted by Crippen LogP contribution is 2.24. The average Bonchev–Trinajstić information content (AvgIpc) is 2.74. The maximum absolute atomic E-state index is 12.3. The van der Waals surface area contributed by atoms with Crippen LogP contribution in [0.4, 0.5) is 0 Å². The predicted octanol–water partition coefficient (Wildman–Crippen LogP) is 4.47. The first kappa shape index (κ1) is 19.4. The zero-order valence-electron chi connectivity index (χ0n) is 16.2. The summed E-state index contributed by atoms with van der Waals surface area (Å²) in [6.45, 7) is 4.02. The van der Waals surface area contributed by atoms with E-state index in [-0.39, 0.29) is 11.9 Å². The molecular formula is C22H23N3O3. The first-order valence-electron chi connectivity index (χ1n) is 9.16. The van der Waals surface area contributed by atoms with Crippen molar-refractivity contribution in [3.63, 3.8) is 0 Å². The number of nitrogens with zero attached hydrogens (tertiary/aromatic N) is 2. The molecule has 6 nitrogen and oxygen atoms in total. The van der Waals surface area contributed by atoms with Gasteiger partial charge in [0, 0.05) is 23.2 Å². The number of nitrogens with one attached hydrogen (secondary N) is 1. The third-order valence-electron chi connectivity index (χ3n) is 4.33. The molecule has 3 aromatic rings. The highest BCUT2D eigenvalue weighted by molar-refractivity contribution is 5.95. The molecule has 6 heteroatoms. The Bertz CT molecular complexity index is 925. The molecular weight excluding hydrogens is 354 g/mol. The van der Waals surface area contributed by atoms with Crippen LogP contribution in [-0.2, 0) is 0 Å². The second kappa shape index (κ2) is 8.99. The number of benzene rings is 2. The summed E-state index contributed by atoms with van der Waals surface area (Å²) in [5.74, 6) is 1.70. The van der Waals surface area contributed by atoms with Crippen molar-refractivity contribution < 1.29 is 14.3 Å². The van der Waals surface area contributed by atoms with Crippen molar-refractivity contribution in [3.8, 4) is 28.6 Å². The number of rotatable bonds is 7. The Morgan fingerprint density at radius 3 is 2.43 bits per heavy atom. The van der Waals surface area contributed by atoms with Crippen LogP contribution in [0.5, 0.6) is 17.4 Å². The maximum atomic E-state index is 12.3. The van der Waals surface area contributed by atoms with Gasteiger partial charge in [-0.1, -0.05) is 19.1 Å². The van der Waals surface area contributed by atoms with Crippen molar-refractivity contribution >= 4 is 5.91 Å². The Morgan fingerprint density at radius 1 is 1.04 bits per heavy atom. The van der Waals surface area contributed by atoms with Gasteiger partial charge in [0.2, 0.25) is 5.88 Å². The normalized spacial score (nSPS) is 11.5. The topological polar surface area (TPSA) is 73.3 Å². The Balaban J connectivity index is 1.72. The van der Waals surface area contributed by atoms with Crippen LogP contribution in [0.25, 0.3) is 11.3 Å². The number of carbonyl (C=O) groups is 1. The van der Waals surface area contributed by atoms with Crippen LogP contribution in [0, 0.1) is 0 Å². The number of methoxy groups -OCH3 is 1. The zero-order valence-corrected chi connectivity index (χ0v) is 16.2. The van der Waals surface area contributed by atoms with E-state index in [0.29, 0.717) is 22.9 Å². The minimum Gasteiger partial charge on any atom is -0.497 e. The van der Waals surface area contributed by atoms with E-state index in [1.807, 2.05) is 50.2 Å². The largest absolute Gasteiger partial charge is 0.497 e. The van der Waals surface area contributed by atoms with Crippen LogP contribution in [0.15, 0.2) is 60.7 Å². The number of aromatic nitrogens is 2. The third kappa shape index (κ3) is 4.85. The highest BCUT2D eigenvalue weighted by Gasteiger charge is 2.10. The summed E-state index contributed by atoms with van der Waals surface area (Å²) in [5, 5.41) is 11.3. The standard InChI is InChI=1S/C22H23N3O3/c1-4-15(2)23-22(26)17-7-5-6-16(14-17)20-12-13-21(25-24-20)28-19-10-8-18(27-3)9-11-19/h5-15H,4H2,1-3H3,(H,23,26)/t15-/m1/s1. The van der Waals surface area contributed by atoms with Gasteiger partial charge in [-0.25, -0.2) is 0 Å². The minimum atomic E-state index is -0.0939. The maximum Gasteiger partial charge on any atom is 0.251 e. The number of amides is 1. The lowest BCUT2D eigenvalue weighted by Crippen LogP contribution is -2.31. The van der Waals surface area contributed by atoms with E-state index in [0.717, 1.165) is 17.7 Å². The quantitative estimate of drug-likeness (QED) is 0.657. The molecule has 2 aromatic carbocycles. The van der Waals surface area contributed by atoms with Gasteiger partial charge in [-0.05, 0) is 55.8 Å². The van der Waals surface area contributed by atoms with E-state index in [4.69, 9.17) is 9.47 Å². The summed E-state index contributed by atoms with van der Waals surface area (Å²) < 4.78 is 10.8. The van der Waals surface area contributed by atoms with Crippen LogP contribution in [0.3, 0.4) is 0 Å². The number of carbonyl (C=O) groups excluding carboxylic acids is 1. The van der Waals surface area contributed by atoms with Gasteiger partial charge in [-0.2, -0.15) is 0 Å². The summed E-state index contributed by atoms with van der Waals surface area (Å²) in [4.78, 5) is 12.3. The molecule has 0 fully saturated rings. The molecule has 1 atom stereocenters. The summed E-state index contributed by atoms with van der Waals surface area (Å²) in [5.41, 5.74) is 2.08. The van der Waals surface area contributed by atoms with Gasteiger partial charge in [0.05, 0.1) is 12.8 Å². The fourth-order valence-electron chi connectivity index (χ4n) is 2.52. The summed E-state index contributed by atoms with van der Waals surface area (Å²) in [7, 11) is 1.61. The van der Waals surface area contributed by atoms with Crippen molar-refractivity contribution in [2.24, 2.45) is 0 Å². The van der Waals surface area contributed by atoms with Crippen molar-refractivity contribution in [2.45, 2.75) is 26.3 Å². The molecule has 0 radical (unpaired) electrons. The second-order valence-corrected chi connectivity index (χ2v) is 6.40. The van der Waals surface area contributed by atoms with E-state index >= 15 is 0 Å². The monoisotopic (exact) mass is 377 g/mol. The van der Waals surface area contributed by atoms with Gasteiger partial charge in [-0.15, -0.1) is 10.2 Å². The molecule has 1 heterocycles. The molecule has 0 aliphatic carbocycles. The van der Waals surface area contributed by atoms with Gasteiger partial charge >= 0.3 is 0 Å². The van der Waals surface area contributed by atoms with E-state index < -0.39 is 0 Å². The Kier molecular flexibility index (Phi) is 6.22. The average molecular weight is 377 g/mol. The molecule has 0 aliphatic heterocycles. The lowest BCUT2D eigenvalue weighted by molar-refractivity contribution is 0.0939. The number of hydrogen-bond donors (Lipinski definition) is 1. The fourth-order valence-corrected chi connectivity index (χ4v) is 2.52. The summed E-state index contributed by atoms with van der Waals surface area (Å²) in [6.07, 6.45) is 0.882. The molecule has 0 aliphatic rings. The predicted molar refractivity (Wildman–Crippen MR) is 108 cm³/mol.